The molecule has 2 aliphatic heterocycles. The lowest BCUT2D eigenvalue weighted by atomic mass is 9.99. The summed E-state index contributed by atoms with van der Waals surface area (Å²) in [6.07, 6.45) is 5.05. The normalized spacial score (nSPS) is 20.4. The van der Waals surface area contributed by atoms with E-state index in [2.05, 4.69) is 24.1 Å². The molecule has 0 atom stereocenters. The van der Waals surface area contributed by atoms with Gasteiger partial charge in [0.25, 0.3) is 5.91 Å². The van der Waals surface area contributed by atoms with Gasteiger partial charge in [0.1, 0.15) is 0 Å². The molecule has 0 radical (unpaired) electrons. The minimum Gasteiger partial charge on any atom is -0.352 e. The first-order chi connectivity index (χ1) is 14.3. The molecule has 1 aromatic rings. The molecule has 2 aliphatic rings. The van der Waals surface area contributed by atoms with Gasteiger partial charge in [0.15, 0.2) is 0 Å². The second-order valence-corrected chi connectivity index (χ2v) is 11.2. The van der Waals surface area contributed by atoms with Gasteiger partial charge in [-0.05, 0) is 81.8 Å². The van der Waals surface area contributed by atoms with Crippen LogP contribution in [0.1, 0.15) is 56.3 Å². The highest BCUT2D eigenvalue weighted by Crippen LogP contribution is 2.26. The molecule has 2 saturated heterocycles. The van der Waals surface area contributed by atoms with Crippen molar-refractivity contribution < 1.29 is 13.2 Å². The quantitative estimate of drug-likeness (QED) is 0.637. The fraction of sp³-hybridized carbons (Fsp3) is 0.682. The third-order valence-electron chi connectivity index (χ3n) is 6.38. The average Bonchev–Trinajstić information content (AvgIpc) is 2.73. The van der Waals surface area contributed by atoms with Crippen LogP contribution in [-0.4, -0.2) is 62.8 Å². The Morgan fingerprint density at radius 2 is 1.67 bits per heavy atom. The van der Waals surface area contributed by atoms with Gasteiger partial charge in [-0.1, -0.05) is 25.4 Å². The zero-order chi connectivity index (χ0) is 21.7. The van der Waals surface area contributed by atoms with Gasteiger partial charge in [0.05, 0.1) is 15.5 Å². The van der Waals surface area contributed by atoms with E-state index in [4.69, 9.17) is 11.6 Å². The van der Waals surface area contributed by atoms with Gasteiger partial charge in [-0.3, -0.25) is 4.79 Å². The van der Waals surface area contributed by atoms with Crippen molar-refractivity contribution >= 4 is 27.5 Å². The molecule has 2 fully saturated rings. The molecule has 0 spiro atoms. The van der Waals surface area contributed by atoms with E-state index in [1.54, 1.807) is 0 Å². The highest BCUT2D eigenvalue weighted by molar-refractivity contribution is 7.89. The lowest BCUT2D eigenvalue weighted by Crippen LogP contribution is -2.38. The zero-order valence-electron chi connectivity index (χ0n) is 18.1. The number of hydrogen-bond donors (Lipinski definition) is 1. The zero-order valence-corrected chi connectivity index (χ0v) is 19.6. The summed E-state index contributed by atoms with van der Waals surface area (Å²) < 4.78 is 27.5. The van der Waals surface area contributed by atoms with Crippen LogP contribution in [0.4, 0.5) is 0 Å². The van der Waals surface area contributed by atoms with Gasteiger partial charge in [-0.2, -0.15) is 4.31 Å². The summed E-state index contributed by atoms with van der Waals surface area (Å²) in [5, 5.41) is 3.16. The summed E-state index contributed by atoms with van der Waals surface area (Å²) in [5.41, 5.74) is 0.218. The molecule has 0 bridgehead atoms. The Balaban J connectivity index is 1.57. The van der Waals surface area contributed by atoms with Crippen LogP contribution in [0, 0.1) is 11.8 Å². The molecule has 3 rings (SSSR count). The van der Waals surface area contributed by atoms with E-state index in [0.29, 0.717) is 25.6 Å². The van der Waals surface area contributed by atoms with Gasteiger partial charge in [-0.15, -0.1) is 0 Å². The molecule has 1 aromatic carbocycles. The van der Waals surface area contributed by atoms with Gasteiger partial charge < -0.3 is 10.2 Å². The topological polar surface area (TPSA) is 69.7 Å². The maximum atomic E-state index is 13.0. The lowest BCUT2D eigenvalue weighted by Gasteiger charge is -2.30. The monoisotopic (exact) mass is 455 g/mol. The first kappa shape index (κ1) is 23.5. The number of benzene rings is 1. The van der Waals surface area contributed by atoms with Crippen molar-refractivity contribution in [3.63, 3.8) is 0 Å². The van der Waals surface area contributed by atoms with Gasteiger partial charge in [0, 0.05) is 19.6 Å². The van der Waals surface area contributed by atoms with Gasteiger partial charge >= 0.3 is 0 Å². The standard InChI is InChI=1S/C22H34ClN3O3S/c1-17-6-12-25(13-7-17)11-3-10-24-22(27)20-16-19(4-5-21(20)23)30(28,29)26-14-8-18(2)9-15-26/h4-5,16-18H,3,6-15H2,1-2H3,(H,24,27). The molecular formula is C22H34ClN3O3S. The summed E-state index contributed by atoms with van der Waals surface area (Å²) in [5.74, 6) is 1.02. The Hall–Kier alpha value is -1.15. The number of carbonyl (C=O) groups excluding carboxylic acids is 1. The number of nitrogens with zero attached hydrogens (tertiary/aromatic N) is 2. The third-order valence-corrected chi connectivity index (χ3v) is 8.60. The van der Waals surface area contributed by atoms with Crippen molar-refractivity contribution in [1.82, 2.24) is 14.5 Å². The predicted molar refractivity (Wildman–Crippen MR) is 120 cm³/mol. The Morgan fingerprint density at radius 3 is 2.30 bits per heavy atom. The largest absolute Gasteiger partial charge is 0.352 e. The number of hydrogen-bond acceptors (Lipinski definition) is 4. The molecular weight excluding hydrogens is 422 g/mol. The Labute approximate surface area is 186 Å². The maximum Gasteiger partial charge on any atom is 0.252 e. The summed E-state index contributed by atoms with van der Waals surface area (Å²) in [7, 11) is -3.61. The highest BCUT2D eigenvalue weighted by Gasteiger charge is 2.29. The molecule has 8 heteroatoms. The smallest absolute Gasteiger partial charge is 0.252 e. The van der Waals surface area contributed by atoms with Crippen molar-refractivity contribution in [2.45, 2.75) is 50.8 Å². The van der Waals surface area contributed by atoms with Crippen molar-refractivity contribution in [3.8, 4) is 0 Å². The Morgan fingerprint density at radius 1 is 1.07 bits per heavy atom. The van der Waals surface area contributed by atoms with Crippen LogP contribution in [0.3, 0.4) is 0 Å². The fourth-order valence-corrected chi connectivity index (χ4v) is 5.80. The van der Waals surface area contributed by atoms with E-state index < -0.39 is 10.0 Å². The number of halogens is 1. The first-order valence-corrected chi connectivity index (χ1v) is 12.9. The summed E-state index contributed by atoms with van der Waals surface area (Å²) >= 11 is 6.22. The summed E-state index contributed by atoms with van der Waals surface area (Å²) in [6.45, 7) is 9.21. The molecule has 168 valence electrons. The Kier molecular flexibility index (Phi) is 8.18. The summed E-state index contributed by atoms with van der Waals surface area (Å²) in [6, 6.07) is 4.41. The number of piperidine rings is 2. The number of carbonyl (C=O) groups is 1. The van der Waals surface area contributed by atoms with Gasteiger partial charge in [0.2, 0.25) is 10.0 Å². The molecule has 1 amide bonds. The highest BCUT2D eigenvalue weighted by atomic mass is 35.5. The van der Waals surface area contributed by atoms with E-state index in [1.807, 2.05) is 0 Å². The van der Waals surface area contributed by atoms with E-state index in [9.17, 15) is 13.2 Å². The van der Waals surface area contributed by atoms with E-state index in [0.717, 1.165) is 44.8 Å². The molecule has 0 aliphatic carbocycles. The molecule has 6 nitrogen and oxygen atoms in total. The SMILES string of the molecule is CC1CCN(CCCNC(=O)c2cc(S(=O)(=O)N3CCC(C)CC3)ccc2Cl)CC1. The molecule has 2 heterocycles. The molecule has 0 aromatic heterocycles. The van der Waals surface area contributed by atoms with Crippen LogP contribution in [0.25, 0.3) is 0 Å². The molecule has 1 N–H and O–H groups in total. The number of likely N-dealkylation sites (tertiary alicyclic amines) is 1. The van der Waals surface area contributed by atoms with Crippen LogP contribution >= 0.6 is 11.6 Å². The maximum absolute atomic E-state index is 13.0. The van der Waals surface area contributed by atoms with Crippen molar-refractivity contribution in [2.24, 2.45) is 11.8 Å². The first-order valence-electron chi connectivity index (χ1n) is 11.1. The van der Waals surface area contributed by atoms with E-state index in [-0.39, 0.29) is 21.4 Å². The minimum atomic E-state index is -3.61. The van der Waals surface area contributed by atoms with Crippen LogP contribution in [-0.2, 0) is 10.0 Å². The molecule has 30 heavy (non-hydrogen) atoms. The summed E-state index contributed by atoms with van der Waals surface area (Å²) in [4.78, 5) is 15.2. The van der Waals surface area contributed by atoms with Crippen LogP contribution < -0.4 is 5.32 Å². The van der Waals surface area contributed by atoms with E-state index in [1.165, 1.54) is 35.3 Å². The predicted octanol–water partition coefficient (Wildman–Crippen LogP) is 3.61. The fourth-order valence-electron chi connectivity index (χ4n) is 4.10. The second-order valence-electron chi connectivity index (χ2n) is 8.86. The van der Waals surface area contributed by atoms with E-state index >= 15 is 0 Å². The van der Waals surface area contributed by atoms with Crippen molar-refractivity contribution in [1.29, 1.82) is 0 Å². The Bertz CT molecular complexity index is 830. The lowest BCUT2D eigenvalue weighted by molar-refractivity contribution is 0.0950. The number of rotatable bonds is 7. The third kappa shape index (κ3) is 5.96. The van der Waals surface area contributed by atoms with Crippen molar-refractivity contribution in [3.05, 3.63) is 28.8 Å². The minimum absolute atomic E-state index is 0.133. The molecule has 0 unspecified atom stereocenters. The number of amides is 1. The number of nitrogens with one attached hydrogen (secondary N) is 1. The number of sulfonamides is 1. The average molecular weight is 456 g/mol. The van der Waals surface area contributed by atoms with Crippen molar-refractivity contribution in [2.75, 3.05) is 39.3 Å². The molecule has 0 saturated carbocycles. The van der Waals surface area contributed by atoms with Crippen LogP contribution in [0.15, 0.2) is 23.1 Å². The van der Waals surface area contributed by atoms with Crippen LogP contribution in [0.5, 0.6) is 0 Å². The van der Waals surface area contributed by atoms with Gasteiger partial charge in [-0.25, -0.2) is 8.42 Å². The van der Waals surface area contributed by atoms with Crippen LogP contribution in [0.2, 0.25) is 5.02 Å². The second kappa shape index (κ2) is 10.4.